The fourth-order valence-corrected chi connectivity index (χ4v) is 2.89. The zero-order chi connectivity index (χ0) is 19.2. The molecular weight excluding hydrogens is 346 g/mol. The van der Waals surface area contributed by atoms with E-state index >= 15 is 0 Å². The molecule has 0 spiro atoms. The number of hydrogen-bond donors (Lipinski definition) is 0. The number of nitrogens with zero attached hydrogens (tertiary/aromatic N) is 5. The number of nitro benzene ring substituents is 1. The number of benzene rings is 1. The van der Waals surface area contributed by atoms with Gasteiger partial charge < -0.3 is 9.80 Å². The SMILES string of the molecule is N#C/C(=C\c1cccnc1)C(=O)N1CCN(c2ccc([N+](=O)[O-])cc2)CC1. The standard InChI is InChI=1S/C19H17N5O3/c20-13-16(12-15-2-1-7-21-14-15)19(25)23-10-8-22(9-11-23)17-3-5-18(6-4-17)24(26)27/h1-7,12,14H,8-11H2/b16-12+. The zero-order valence-corrected chi connectivity index (χ0v) is 14.5. The number of carbonyl (C=O) groups excluding carboxylic acids is 1. The topological polar surface area (TPSA) is 103 Å². The number of piperazine rings is 1. The number of anilines is 1. The molecule has 3 rings (SSSR count). The van der Waals surface area contributed by atoms with Gasteiger partial charge in [0.2, 0.25) is 0 Å². The Kier molecular flexibility index (Phi) is 5.42. The van der Waals surface area contributed by atoms with Crippen molar-refractivity contribution in [2.75, 3.05) is 31.1 Å². The molecule has 0 radical (unpaired) electrons. The van der Waals surface area contributed by atoms with Crippen LogP contribution in [0.2, 0.25) is 0 Å². The van der Waals surface area contributed by atoms with Crippen molar-refractivity contribution in [2.45, 2.75) is 0 Å². The summed E-state index contributed by atoms with van der Waals surface area (Å²) in [5.41, 5.74) is 1.70. The first kappa shape index (κ1) is 18.1. The van der Waals surface area contributed by atoms with Gasteiger partial charge >= 0.3 is 0 Å². The van der Waals surface area contributed by atoms with Crippen LogP contribution in [0.15, 0.2) is 54.4 Å². The van der Waals surface area contributed by atoms with E-state index in [0.717, 1.165) is 5.69 Å². The largest absolute Gasteiger partial charge is 0.368 e. The van der Waals surface area contributed by atoms with Crippen LogP contribution in [0.4, 0.5) is 11.4 Å². The Morgan fingerprint density at radius 2 is 1.89 bits per heavy atom. The normalized spacial score (nSPS) is 14.6. The average molecular weight is 363 g/mol. The highest BCUT2D eigenvalue weighted by atomic mass is 16.6. The fourth-order valence-electron chi connectivity index (χ4n) is 2.89. The Balaban J connectivity index is 1.64. The number of hydrogen-bond acceptors (Lipinski definition) is 6. The Bertz CT molecular complexity index is 895. The summed E-state index contributed by atoms with van der Waals surface area (Å²) in [6.07, 6.45) is 4.76. The lowest BCUT2D eigenvalue weighted by atomic mass is 10.1. The monoisotopic (exact) mass is 363 g/mol. The van der Waals surface area contributed by atoms with Crippen molar-refractivity contribution in [3.8, 4) is 6.07 Å². The molecule has 0 unspecified atom stereocenters. The fraction of sp³-hybridized carbons (Fsp3) is 0.211. The maximum atomic E-state index is 12.6. The third kappa shape index (κ3) is 4.27. The van der Waals surface area contributed by atoms with E-state index in [4.69, 9.17) is 0 Å². The molecule has 8 heteroatoms. The van der Waals surface area contributed by atoms with Gasteiger partial charge in [0.1, 0.15) is 11.6 Å². The lowest BCUT2D eigenvalue weighted by Gasteiger charge is -2.36. The number of aromatic nitrogens is 1. The quantitative estimate of drug-likeness (QED) is 0.357. The number of nitriles is 1. The molecule has 2 heterocycles. The molecule has 1 fully saturated rings. The van der Waals surface area contributed by atoms with Crippen LogP contribution in [0.1, 0.15) is 5.56 Å². The summed E-state index contributed by atoms with van der Waals surface area (Å²) in [6, 6.07) is 11.9. The molecule has 0 atom stereocenters. The number of nitro groups is 1. The molecule has 1 aromatic carbocycles. The summed E-state index contributed by atoms with van der Waals surface area (Å²) < 4.78 is 0. The van der Waals surface area contributed by atoms with Crippen LogP contribution < -0.4 is 4.90 Å². The van der Waals surface area contributed by atoms with Crippen LogP contribution in [-0.2, 0) is 4.79 Å². The van der Waals surface area contributed by atoms with E-state index in [0.29, 0.717) is 31.7 Å². The predicted molar refractivity (Wildman–Crippen MR) is 99.7 cm³/mol. The first-order chi connectivity index (χ1) is 13.1. The first-order valence-electron chi connectivity index (χ1n) is 8.39. The molecule has 27 heavy (non-hydrogen) atoms. The Labute approximate surface area is 156 Å². The minimum atomic E-state index is -0.432. The van der Waals surface area contributed by atoms with E-state index in [2.05, 4.69) is 9.88 Å². The van der Waals surface area contributed by atoms with Crippen molar-refractivity contribution in [1.82, 2.24) is 9.88 Å². The third-order valence-electron chi connectivity index (χ3n) is 4.34. The zero-order valence-electron chi connectivity index (χ0n) is 14.5. The van der Waals surface area contributed by atoms with Gasteiger partial charge in [0.05, 0.1) is 4.92 Å². The number of rotatable bonds is 4. The predicted octanol–water partition coefficient (Wildman–Crippen LogP) is 2.25. The molecule has 1 amide bonds. The number of pyridine rings is 1. The summed E-state index contributed by atoms with van der Waals surface area (Å²) in [6.45, 7) is 2.13. The second-order valence-electron chi connectivity index (χ2n) is 6.01. The van der Waals surface area contributed by atoms with E-state index < -0.39 is 4.92 Å². The second kappa shape index (κ2) is 8.10. The molecule has 2 aromatic rings. The second-order valence-corrected chi connectivity index (χ2v) is 6.01. The number of carbonyl (C=O) groups is 1. The number of amides is 1. The van der Waals surface area contributed by atoms with Gasteiger partial charge in [-0.1, -0.05) is 6.07 Å². The molecular formula is C19H17N5O3. The van der Waals surface area contributed by atoms with E-state index in [1.54, 1.807) is 41.6 Å². The van der Waals surface area contributed by atoms with E-state index in [9.17, 15) is 20.2 Å². The van der Waals surface area contributed by atoms with Crippen molar-refractivity contribution >= 4 is 23.4 Å². The van der Waals surface area contributed by atoms with E-state index in [1.807, 2.05) is 6.07 Å². The van der Waals surface area contributed by atoms with Crippen molar-refractivity contribution in [3.63, 3.8) is 0 Å². The Morgan fingerprint density at radius 3 is 2.44 bits per heavy atom. The summed E-state index contributed by atoms with van der Waals surface area (Å²) in [7, 11) is 0. The van der Waals surface area contributed by atoms with Crippen LogP contribution in [0, 0.1) is 21.4 Å². The van der Waals surface area contributed by atoms with Crippen LogP contribution in [0.5, 0.6) is 0 Å². The molecule has 8 nitrogen and oxygen atoms in total. The molecule has 1 aliphatic rings. The van der Waals surface area contributed by atoms with Gasteiger partial charge in [-0.15, -0.1) is 0 Å². The highest BCUT2D eigenvalue weighted by Crippen LogP contribution is 2.21. The van der Waals surface area contributed by atoms with Crippen molar-refractivity contribution in [2.24, 2.45) is 0 Å². The van der Waals surface area contributed by atoms with Crippen molar-refractivity contribution in [1.29, 1.82) is 5.26 Å². The molecule has 1 aromatic heterocycles. The van der Waals surface area contributed by atoms with Crippen LogP contribution >= 0.6 is 0 Å². The van der Waals surface area contributed by atoms with Crippen LogP contribution in [0.25, 0.3) is 6.08 Å². The highest BCUT2D eigenvalue weighted by Gasteiger charge is 2.24. The maximum Gasteiger partial charge on any atom is 0.269 e. The molecule has 0 saturated carbocycles. The minimum absolute atomic E-state index is 0.0479. The average Bonchev–Trinajstić information content (AvgIpc) is 2.72. The van der Waals surface area contributed by atoms with Gasteiger partial charge in [-0.05, 0) is 29.8 Å². The lowest BCUT2D eigenvalue weighted by Crippen LogP contribution is -2.49. The third-order valence-corrected chi connectivity index (χ3v) is 4.34. The van der Waals surface area contributed by atoms with E-state index in [-0.39, 0.29) is 17.2 Å². The Hall–Kier alpha value is -3.73. The van der Waals surface area contributed by atoms with Gasteiger partial charge in [0, 0.05) is 56.4 Å². The molecule has 0 aliphatic carbocycles. The summed E-state index contributed by atoms with van der Waals surface area (Å²) >= 11 is 0. The molecule has 136 valence electrons. The van der Waals surface area contributed by atoms with Gasteiger partial charge in [-0.2, -0.15) is 5.26 Å². The maximum absolute atomic E-state index is 12.6. The van der Waals surface area contributed by atoms with Gasteiger partial charge in [-0.3, -0.25) is 19.9 Å². The van der Waals surface area contributed by atoms with Crippen LogP contribution in [-0.4, -0.2) is 46.9 Å². The summed E-state index contributed by atoms with van der Waals surface area (Å²) in [5.74, 6) is -0.301. The smallest absolute Gasteiger partial charge is 0.269 e. The highest BCUT2D eigenvalue weighted by molar-refractivity contribution is 6.01. The molecule has 1 saturated heterocycles. The molecule has 0 N–H and O–H groups in total. The Morgan fingerprint density at radius 1 is 1.19 bits per heavy atom. The van der Waals surface area contributed by atoms with E-state index in [1.165, 1.54) is 18.2 Å². The first-order valence-corrected chi connectivity index (χ1v) is 8.39. The molecule has 0 bridgehead atoms. The summed E-state index contributed by atoms with van der Waals surface area (Å²) in [4.78, 5) is 30.6. The molecule has 1 aliphatic heterocycles. The van der Waals surface area contributed by atoms with Gasteiger partial charge in [-0.25, -0.2) is 0 Å². The minimum Gasteiger partial charge on any atom is -0.368 e. The summed E-state index contributed by atoms with van der Waals surface area (Å²) in [5, 5.41) is 20.1. The van der Waals surface area contributed by atoms with Gasteiger partial charge in [0.15, 0.2) is 0 Å². The van der Waals surface area contributed by atoms with Crippen molar-refractivity contribution < 1.29 is 9.72 Å². The lowest BCUT2D eigenvalue weighted by molar-refractivity contribution is -0.384. The number of non-ortho nitro benzene ring substituents is 1. The van der Waals surface area contributed by atoms with Crippen molar-refractivity contribution in [3.05, 3.63) is 70.0 Å². The van der Waals surface area contributed by atoms with Gasteiger partial charge in [0.25, 0.3) is 11.6 Å². The van der Waals surface area contributed by atoms with Crippen LogP contribution in [0.3, 0.4) is 0 Å².